The normalized spacial score (nSPS) is 20.8. The zero-order valence-electron chi connectivity index (χ0n) is 44.1. The van der Waals surface area contributed by atoms with E-state index in [1.54, 1.807) is 26.0 Å². The number of carbonyl (C=O) groups excluding carboxylic acids is 2. The molecule has 0 spiro atoms. The number of fused-ring (bicyclic) bond motifs is 1. The van der Waals surface area contributed by atoms with E-state index in [-0.39, 0.29) is 19.1 Å². The van der Waals surface area contributed by atoms with Crippen LogP contribution in [0.2, 0.25) is 0 Å². The molecule has 394 valence electrons. The van der Waals surface area contributed by atoms with Crippen molar-refractivity contribution in [3.63, 3.8) is 0 Å². The molecule has 0 aliphatic carbocycles. The Morgan fingerprint density at radius 3 is 1.46 bits per heavy atom. The molecular weight excluding hydrogens is 855 g/mol. The number of carbonyl (C=O) groups is 2. The Morgan fingerprint density at radius 1 is 0.603 bits per heavy atom. The monoisotopic (exact) mass is 958 g/mol. The van der Waals surface area contributed by atoms with Crippen LogP contribution in [0.25, 0.3) is 0 Å². The van der Waals surface area contributed by atoms with E-state index < -0.39 is 54.6 Å². The van der Waals surface area contributed by atoms with Gasteiger partial charge in [0, 0.05) is 6.42 Å². The molecule has 1 amide bonds. The van der Waals surface area contributed by atoms with Gasteiger partial charge in [0.15, 0.2) is 12.1 Å². The molecule has 2 fully saturated rings. The SMILES string of the molecule is CCCCCCCCCCCCCCCCCCCCCCCC(=O)N[C@@H](CO[C@@H]1O[C@H](CO)[C@@H]2OC(C)(C)O[C@@H]2[C@H]1O)[C@@H](CCCCCCCCCCCCCCC)OC(=O)c1ccccc1. The van der Waals surface area contributed by atoms with Crippen molar-refractivity contribution < 1.29 is 43.5 Å². The summed E-state index contributed by atoms with van der Waals surface area (Å²) in [5.41, 5.74) is 0.442. The summed E-state index contributed by atoms with van der Waals surface area (Å²) < 4.78 is 30.6. The van der Waals surface area contributed by atoms with E-state index in [0.717, 1.165) is 38.5 Å². The number of unbranched alkanes of at least 4 members (excludes halogenated alkanes) is 32. The van der Waals surface area contributed by atoms with E-state index in [0.29, 0.717) is 18.4 Å². The van der Waals surface area contributed by atoms with Gasteiger partial charge in [0.2, 0.25) is 5.91 Å². The van der Waals surface area contributed by atoms with Crippen molar-refractivity contribution in [2.45, 2.75) is 307 Å². The summed E-state index contributed by atoms with van der Waals surface area (Å²) in [4.78, 5) is 27.3. The molecule has 1 aromatic carbocycles. The Labute approximate surface area is 415 Å². The Kier molecular flexibility index (Phi) is 34.2. The van der Waals surface area contributed by atoms with Crippen LogP contribution in [0.15, 0.2) is 30.3 Å². The lowest BCUT2D eigenvalue weighted by atomic mass is 9.99. The molecule has 1 aromatic rings. The van der Waals surface area contributed by atoms with Crippen LogP contribution in [0, 0.1) is 0 Å². The Morgan fingerprint density at radius 2 is 1.01 bits per heavy atom. The number of hydrogen-bond donors (Lipinski definition) is 3. The van der Waals surface area contributed by atoms with Crippen LogP contribution in [-0.2, 0) is 28.5 Å². The standard InChI is InChI=1S/C58H103NO9/c1-5-7-9-11-13-15-17-19-20-21-22-23-24-25-26-28-30-32-34-36-41-45-52(61)59-49(47-64-57-53(62)55-54(51(46-60)66-57)67-58(3,4)68-55)50(65-56(63)48-42-38-37-39-43-48)44-40-35-33-31-29-27-18-16-14-12-10-8-6-2/h37-39,42-43,49-51,53-55,57,60,62H,5-36,40-41,44-47H2,1-4H3,(H,59,61)/t49-,50+,51+,53+,54-,55+,57+/m0/s1. The summed E-state index contributed by atoms with van der Waals surface area (Å²) >= 11 is 0. The number of hydrogen-bond acceptors (Lipinski definition) is 9. The Bertz CT molecular complexity index is 1360. The number of esters is 1. The van der Waals surface area contributed by atoms with Gasteiger partial charge in [-0.2, -0.15) is 0 Å². The molecular formula is C58H103NO9. The summed E-state index contributed by atoms with van der Waals surface area (Å²) in [5, 5.41) is 24.8. The first kappa shape index (κ1) is 60.2. The maximum Gasteiger partial charge on any atom is 0.338 e. The lowest BCUT2D eigenvalue weighted by Gasteiger charge is -2.40. The van der Waals surface area contributed by atoms with Gasteiger partial charge in [-0.05, 0) is 45.2 Å². The Balaban J connectivity index is 1.45. The number of aliphatic hydroxyl groups is 2. The van der Waals surface area contributed by atoms with Crippen LogP contribution in [0.4, 0.5) is 0 Å². The first-order valence-electron chi connectivity index (χ1n) is 28.7. The van der Waals surface area contributed by atoms with Crippen LogP contribution in [-0.4, -0.2) is 83.9 Å². The predicted octanol–water partition coefficient (Wildman–Crippen LogP) is 14.4. The zero-order chi connectivity index (χ0) is 48.9. The molecule has 2 aliphatic heterocycles. The lowest BCUT2D eigenvalue weighted by Crippen LogP contribution is -2.59. The molecule has 10 nitrogen and oxygen atoms in total. The molecule has 10 heteroatoms. The third-order valence-corrected chi connectivity index (χ3v) is 14.2. The second-order valence-electron chi connectivity index (χ2n) is 21.0. The second kappa shape index (κ2) is 38.6. The van der Waals surface area contributed by atoms with Gasteiger partial charge in [-0.3, -0.25) is 4.79 Å². The number of benzene rings is 1. The van der Waals surface area contributed by atoms with E-state index in [2.05, 4.69) is 19.2 Å². The summed E-state index contributed by atoms with van der Waals surface area (Å²) in [6.07, 6.45) is 39.2. The molecule has 3 rings (SSSR count). The molecule has 0 saturated carbocycles. The molecule has 3 N–H and O–H groups in total. The molecule has 2 aliphatic rings. The van der Waals surface area contributed by atoms with Crippen molar-refractivity contribution >= 4 is 11.9 Å². The average molecular weight is 958 g/mol. The van der Waals surface area contributed by atoms with Crippen molar-refractivity contribution in [2.75, 3.05) is 13.2 Å². The van der Waals surface area contributed by atoms with E-state index >= 15 is 0 Å². The van der Waals surface area contributed by atoms with E-state index in [9.17, 15) is 19.8 Å². The molecule has 2 saturated heterocycles. The minimum atomic E-state index is -1.20. The highest BCUT2D eigenvalue weighted by atomic mass is 16.8. The van der Waals surface area contributed by atoms with Crippen molar-refractivity contribution in [3.05, 3.63) is 35.9 Å². The quantitative estimate of drug-likeness (QED) is 0.0432. The molecule has 0 unspecified atom stereocenters. The summed E-state index contributed by atoms with van der Waals surface area (Å²) in [6.45, 7) is 7.65. The third kappa shape index (κ3) is 26.9. The van der Waals surface area contributed by atoms with Crippen LogP contribution < -0.4 is 5.32 Å². The zero-order valence-corrected chi connectivity index (χ0v) is 44.1. The molecule has 7 atom stereocenters. The molecule has 0 radical (unpaired) electrons. The minimum Gasteiger partial charge on any atom is -0.456 e. The largest absolute Gasteiger partial charge is 0.456 e. The van der Waals surface area contributed by atoms with Crippen molar-refractivity contribution in [3.8, 4) is 0 Å². The molecule has 2 heterocycles. The molecule has 0 bridgehead atoms. The second-order valence-corrected chi connectivity index (χ2v) is 21.0. The van der Waals surface area contributed by atoms with Crippen LogP contribution in [0.3, 0.4) is 0 Å². The van der Waals surface area contributed by atoms with Gasteiger partial charge in [-0.15, -0.1) is 0 Å². The summed E-state index contributed by atoms with van der Waals surface area (Å²) in [5.74, 6) is -1.53. The van der Waals surface area contributed by atoms with Gasteiger partial charge in [-0.25, -0.2) is 4.79 Å². The van der Waals surface area contributed by atoms with Gasteiger partial charge in [0.1, 0.15) is 30.5 Å². The number of rotatable bonds is 44. The first-order chi connectivity index (χ1) is 33.2. The minimum absolute atomic E-state index is 0.0717. The van der Waals surface area contributed by atoms with Crippen LogP contribution in [0.1, 0.15) is 269 Å². The smallest absolute Gasteiger partial charge is 0.338 e. The van der Waals surface area contributed by atoms with Crippen LogP contribution in [0.5, 0.6) is 0 Å². The maximum atomic E-state index is 13.7. The van der Waals surface area contributed by atoms with E-state index in [1.165, 1.54) is 180 Å². The first-order valence-corrected chi connectivity index (χ1v) is 28.7. The van der Waals surface area contributed by atoms with Gasteiger partial charge >= 0.3 is 5.97 Å². The highest BCUT2D eigenvalue weighted by Crippen LogP contribution is 2.38. The highest BCUT2D eigenvalue weighted by Gasteiger charge is 2.55. The van der Waals surface area contributed by atoms with Gasteiger partial charge in [0.05, 0.1) is 24.8 Å². The van der Waals surface area contributed by atoms with Crippen molar-refractivity contribution in [1.29, 1.82) is 0 Å². The lowest BCUT2D eigenvalue weighted by molar-refractivity contribution is -0.284. The molecule has 68 heavy (non-hydrogen) atoms. The predicted molar refractivity (Wildman–Crippen MR) is 277 cm³/mol. The van der Waals surface area contributed by atoms with Gasteiger partial charge in [-0.1, -0.05) is 238 Å². The number of amides is 1. The average Bonchev–Trinajstić information content (AvgIpc) is 3.68. The fourth-order valence-electron chi connectivity index (χ4n) is 10.1. The highest BCUT2D eigenvalue weighted by molar-refractivity contribution is 5.89. The van der Waals surface area contributed by atoms with E-state index in [1.807, 2.05) is 18.2 Å². The Hall–Kier alpha value is -2.08. The van der Waals surface area contributed by atoms with Gasteiger partial charge in [0.25, 0.3) is 0 Å². The number of aliphatic hydroxyl groups excluding tert-OH is 2. The number of nitrogens with one attached hydrogen (secondary N) is 1. The van der Waals surface area contributed by atoms with Crippen LogP contribution >= 0.6 is 0 Å². The fourth-order valence-corrected chi connectivity index (χ4v) is 10.1. The third-order valence-electron chi connectivity index (χ3n) is 14.2. The number of ether oxygens (including phenoxy) is 5. The summed E-state index contributed by atoms with van der Waals surface area (Å²) in [7, 11) is 0. The van der Waals surface area contributed by atoms with Gasteiger partial charge < -0.3 is 39.2 Å². The topological polar surface area (TPSA) is 133 Å². The van der Waals surface area contributed by atoms with E-state index in [4.69, 9.17) is 23.7 Å². The summed E-state index contributed by atoms with van der Waals surface area (Å²) in [6, 6.07) is 8.26. The maximum absolute atomic E-state index is 13.7. The fraction of sp³-hybridized carbons (Fsp3) is 0.862. The molecule has 0 aromatic heterocycles. The van der Waals surface area contributed by atoms with Crippen molar-refractivity contribution in [2.24, 2.45) is 0 Å². The van der Waals surface area contributed by atoms with Crippen molar-refractivity contribution in [1.82, 2.24) is 5.32 Å².